The van der Waals surface area contributed by atoms with E-state index in [0.717, 1.165) is 11.8 Å². The monoisotopic (exact) mass is 200 g/mol. The van der Waals surface area contributed by atoms with E-state index in [0.29, 0.717) is 0 Å². The first-order chi connectivity index (χ1) is 7.36. The first-order valence-electron chi connectivity index (χ1n) is 6.44. The first kappa shape index (κ1) is 9.45. The maximum atomic E-state index is 2.39. The van der Waals surface area contributed by atoms with E-state index >= 15 is 0 Å². The van der Waals surface area contributed by atoms with Crippen LogP contribution in [0, 0.1) is 12.8 Å². The van der Waals surface area contributed by atoms with E-state index in [-0.39, 0.29) is 0 Å². The van der Waals surface area contributed by atoms with Crippen LogP contribution < -0.4 is 0 Å². The molecule has 0 heterocycles. The summed E-state index contributed by atoms with van der Waals surface area (Å²) in [5.74, 6) is 1.91. The van der Waals surface area contributed by atoms with Crippen molar-refractivity contribution >= 4 is 0 Å². The molecule has 0 radical (unpaired) electrons. The van der Waals surface area contributed by atoms with Gasteiger partial charge in [-0.2, -0.15) is 0 Å². The van der Waals surface area contributed by atoms with E-state index in [1.54, 1.807) is 11.1 Å². The van der Waals surface area contributed by atoms with Crippen LogP contribution >= 0.6 is 0 Å². The van der Waals surface area contributed by atoms with E-state index in [4.69, 9.17) is 0 Å². The Balaban J connectivity index is 2.03. The fourth-order valence-corrected chi connectivity index (χ4v) is 3.71. The Labute approximate surface area is 92.7 Å². The molecular weight excluding hydrogens is 180 g/mol. The number of hydrogen-bond acceptors (Lipinski definition) is 0. The van der Waals surface area contributed by atoms with Crippen molar-refractivity contribution in [1.29, 1.82) is 0 Å². The molecule has 0 N–H and O–H groups in total. The van der Waals surface area contributed by atoms with Crippen LogP contribution in [0.5, 0.6) is 0 Å². The van der Waals surface area contributed by atoms with Crippen molar-refractivity contribution < 1.29 is 0 Å². The summed E-state index contributed by atoms with van der Waals surface area (Å²) in [6.45, 7) is 2.28. The highest BCUT2D eigenvalue weighted by atomic mass is 14.4. The second kappa shape index (κ2) is 3.66. The van der Waals surface area contributed by atoms with Gasteiger partial charge < -0.3 is 0 Å². The summed E-state index contributed by atoms with van der Waals surface area (Å²) in [5.41, 5.74) is 4.91. The predicted molar refractivity (Wildman–Crippen MR) is 64.2 cm³/mol. The molecule has 0 spiro atoms. The fraction of sp³-hybridized carbons (Fsp3) is 0.600. The van der Waals surface area contributed by atoms with Crippen molar-refractivity contribution in [2.45, 2.75) is 51.4 Å². The van der Waals surface area contributed by atoms with Crippen LogP contribution in [0.4, 0.5) is 0 Å². The summed E-state index contributed by atoms with van der Waals surface area (Å²) in [7, 11) is 0. The van der Waals surface area contributed by atoms with E-state index < -0.39 is 0 Å². The van der Waals surface area contributed by atoms with Gasteiger partial charge in [-0.1, -0.05) is 31.0 Å². The largest absolute Gasteiger partial charge is 0.0617 e. The van der Waals surface area contributed by atoms with Crippen LogP contribution in [0.3, 0.4) is 0 Å². The van der Waals surface area contributed by atoms with Crippen molar-refractivity contribution in [2.24, 2.45) is 5.92 Å². The molecule has 15 heavy (non-hydrogen) atoms. The summed E-state index contributed by atoms with van der Waals surface area (Å²) in [5, 5.41) is 0. The minimum Gasteiger partial charge on any atom is -0.0617 e. The Hall–Kier alpha value is -0.780. The Morgan fingerprint density at radius 1 is 1.07 bits per heavy atom. The molecule has 0 aliphatic heterocycles. The van der Waals surface area contributed by atoms with E-state index in [9.17, 15) is 0 Å². The smallest absolute Gasteiger partial charge is 0.0131 e. The fourth-order valence-electron chi connectivity index (χ4n) is 3.71. The number of benzene rings is 1. The first-order valence-corrected chi connectivity index (χ1v) is 6.44. The van der Waals surface area contributed by atoms with Gasteiger partial charge in [-0.3, -0.25) is 0 Å². The Bertz CT molecular complexity index is 364. The summed E-state index contributed by atoms with van der Waals surface area (Å²) >= 11 is 0. The molecule has 0 bridgehead atoms. The second-order valence-corrected chi connectivity index (χ2v) is 5.33. The summed E-state index contributed by atoms with van der Waals surface area (Å²) in [6, 6.07) is 6.93. The SMILES string of the molecule is Cc1cccc2c1CCC1CCCCC21. The molecule has 1 aromatic carbocycles. The molecule has 0 saturated heterocycles. The van der Waals surface area contributed by atoms with Crippen molar-refractivity contribution in [3.05, 3.63) is 34.9 Å². The lowest BCUT2D eigenvalue weighted by Crippen LogP contribution is -2.24. The molecule has 0 amide bonds. The summed E-state index contributed by atoms with van der Waals surface area (Å²) < 4.78 is 0. The lowest BCUT2D eigenvalue weighted by Gasteiger charge is -2.37. The Morgan fingerprint density at radius 3 is 2.87 bits per heavy atom. The normalized spacial score (nSPS) is 29.4. The molecule has 1 aromatic rings. The van der Waals surface area contributed by atoms with Gasteiger partial charge in [-0.15, -0.1) is 0 Å². The molecule has 3 rings (SSSR count). The van der Waals surface area contributed by atoms with Crippen molar-refractivity contribution in [3.8, 4) is 0 Å². The number of aryl methyl sites for hydroxylation is 1. The lowest BCUT2D eigenvalue weighted by atomic mass is 9.67. The molecule has 1 fully saturated rings. The Kier molecular flexibility index (Phi) is 2.31. The molecule has 2 aliphatic rings. The van der Waals surface area contributed by atoms with Crippen molar-refractivity contribution in [2.75, 3.05) is 0 Å². The molecular formula is C15H20. The third-order valence-corrected chi connectivity index (χ3v) is 4.52. The van der Waals surface area contributed by atoms with Gasteiger partial charge in [-0.25, -0.2) is 0 Å². The zero-order chi connectivity index (χ0) is 10.3. The molecule has 0 nitrogen and oxygen atoms in total. The van der Waals surface area contributed by atoms with E-state index in [1.165, 1.54) is 44.1 Å². The van der Waals surface area contributed by atoms with Gasteiger partial charge in [0.15, 0.2) is 0 Å². The van der Waals surface area contributed by atoms with Crippen LogP contribution in [0.2, 0.25) is 0 Å². The maximum absolute atomic E-state index is 2.39. The Morgan fingerprint density at radius 2 is 1.93 bits per heavy atom. The van der Waals surface area contributed by atoms with Crippen LogP contribution in [0.15, 0.2) is 18.2 Å². The highest BCUT2D eigenvalue weighted by Crippen LogP contribution is 2.45. The van der Waals surface area contributed by atoms with Gasteiger partial charge in [-0.05, 0) is 61.1 Å². The van der Waals surface area contributed by atoms with Crippen molar-refractivity contribution in [1.82, 2.24) is 0 Å². The van der Waals surface area contributed by atoms with Crippen LogP contribution in [-0.2, 0) is 6.42 Å². The maximum Gasteiger partial charge on any atom is -0.0131 e. The summed E-state index contributed by atoms with van der Waals surface area (Å²) in [6.07, 6.45) is 8.64. The van der Waals surface area contributed by atoms with Gasteiger partial charge in [0, 0.05) is 0 Å². The topological polar surface area (TPSA) is 0 Å². The van der Waals surface area contributed by atoms with E-state index in [2.05, 4.69) is 25.1 Å². The van der Waals surface area contributed by atoms with Crippen LogP contribution in [0.25, 0.3) is 0 Å². The highest BCUT2D eigenvalue weighted by Gasteiger charge is 2.31. The van der Waals surface area contributed by atoms with Crippen LogP contribution in [-0.4, -0.2) is 0 Å². The minimum atomic E-state index is 0.905. The molecule has 1 saturated carbocycles. The molecule has 2 atom stereocenters. The predicted octanol–water partition coefficient (Wildman–Crippen LogP) is 4.22. The summed E-state index contributed by atoms with van der Waals surface area (Å²) in [4.78, 5) is 0. The standard InChI is InChI=1S/C15H20/c1-11-5-4-8-15-13(11)10-9-12-6-2-3-7-14(12)15/h4-5,8,12,14H,2-3,6-7,9-10H2,1H3. The third kappa shape index (κ3) is 1.51. The average molecular weight is 200 g/mol. The van der Waals surface area contributed by atoms with Gasteiger partial charge in [0.2, 0.25) is 0 Å². The van der Waals surface area contributed by atoms with Crippen LogP contribution in [0.1, 0.15) is 54.7 Å². The molecule has 0 aromatic heterocycles. The van der Waals surface area contributed by atoms with Gasteiger partial charge in [0.05, 0.1) is 0 Å². The van der Waals surface area contributed by atoms with Gasteiger partial charge in [0.1, 0.15) is 0 Å². The van der Waals surface area contributed by atoms with Crippen molar-refractivity contribution in [3.63, 3.8) is 0 Å². The second-order valence-electron chi connectivity index (χ2n) is 5.33. The van der Waals surface area contributed by atoms with Gasteiger partial charge in [0.25, 0.3) is 0 Å². The number of fused-ring (bicyclic) bond motifs is 3. The average Bonchev–Trinajstić information content (AvgIpc) is 2.29. The highest BCUT2D eigenvalue weighted by molar-refractivity contribution is 5.39. The molecule has 2 unspecified atom stereocenters. The zero-order valence-corrected chi connectivity index (χ0v) is 9.63. The molecule has 2 aliphatic carbocycles. The number of hydrogen-bond donors (Lipinski definition) is 0. The van der Waals surface area contributed by atoms with E-state index in [1.807, 2.05) is 0 Å². The minimum absolute atomic E-state index is 0.905. The molecule has 0 heteroatoms. The number of rotatable bonds is 0. The third-order valence-electron chi connectivity index (χ3n) is 4.52. The quantitative estimate of drug-likeness (QED) is 0.588. The van der Waals surface area contributed by atoms with Gasteiger partial charge >= 0.3 is 0 Å². The molecule has 80 valence electrons. The zero-order valence-electron chi connectivity index (χ0n) is 9.63. The lowest BCUT2D eigenvalue weighted by molar-refractivity contribution is 0.275.